The van der Waals surface area contributed by atoms with Crippen LogP contribution in [0.1, 0.15) is 20.3 Å². The quantitative estimate of drug-likeness (QED) is 0.698. The fourth-order valence-electron chi connectivity index (χ4n) is 1.60. The molecule has 80 valence electrons. The van der Waals surface area contributed by atoms with Crippen LogP contribution in [0.25, 0.3) is 0 Å². The molecule has 0 aromatic heterocycles. The second-order valence-corrected chi connectivity index (χ2v) is 3.89. The largest absolute Gasteiger partial charge is 0.390 e. The van der Waals surface area contributed by atoms with E-state index in [4.69, 9.17) is 9.47 Å². The van der Waals surface area contributed by atoms with Gasteiger partial charge in [-0.25, -0.2) is 0 Å². The van der Waals surface area contributed by atoms with Crippen molar-refractivity contribution in [3.8, 4) is 0 Å². The zero-order chi connectivity index (χ0) is 10.8. The van der Waals surface area contributed by atoms with Crippen LogP contribution >= 0.6 is 0 Å². The van der Waals surface area contributed by atoms with Gasteiger partial charge in [0.05, 0.1) is 6.10 Å². The minimum absolute atomic E-state index is 0.250. The van der Waals surface area contributed by atoms with Gasteiger partial charge in [0.2, 0.25) is 0 Å². The van der Waals surface area contributed by atoms with Gasteiger partial charge in [0.15, 0.2) is 5.79 Å². The smallest absolute Gasteiger partial charge is 0.164 e. The predicted molar refractivity (Wildman–Crippen MR) is 54.8 cm³/mol. The fourth-order valence-corrected chi connectivity index (χ4v) is 1.60. The molecule has 3 nitrogen and oxygen atoms in total. The van der Waals surface area contributed by atoms with E-state index in [-0.39, 0.29) is 12.2 Å². The molecule has 1 N–H and O–H groups in total. The maximum Gasteiger partial charge on any atom is 0.164 e. The molecule has 1 heterocycles. The Bertz CT molecular complexity index is 223. The molecule has 3 heteroatoms. The highest BCUT2D eigenvalue weighted by molar-refractivity contribution is 4.97. The van der Waals surface area contributed by atoms with Gasteiger partial charge in [-0.05, 0) is 20.3 Å². The maximum absolute atomic E-state index is 9.76. The first-order valence-corrected chi connectivity index (χ1v) is 4.77. The van der Waals surface area contributed by atoms with Crippen molar-refractivity contribution in [3.63, 3.8) is 0 Å². The van der Waals surface area contributed by atoms with Gasteiger partial charge in [0, 0.05) is 0 Å². The SMILES string of the molecule is C=CC[C@@H](O)[C@H]1OC(C)(C)O[C@@H]1C=C. The Morgan fingerprint density at radius 1 is 1.43 bits per heavy atom. The molecule has 3 atom stereocenters. The number of ether oxygens (including phenoxy) is 2. The molecule has 0 amide bonds. The second kappa shape index (κ2) is 4.26. The van der Waals surface area contributed by atoms with Crippen molar-refractivity contribution in [2.45, 2.75) is 44.4 Å². The number of hydrogen-bond donors (Lipinski definition) is 1. The predicted octanol–water partition coefficient (Wildman–Crippen LogP) is 1.63. The summed E-state index contributed by atoms with van der Waals surface area (Å²) in [6.07, 6.45) is 2.64. The first-order chi connectivity index (χ1) is 6.50. The van der Waals surface area contributed by atoms with Crippen LogP contribution in [0.15, 0.2) is 25.3 Å². The third-order valence-corrected chi connectivity index (χ3v) is 2.18. The van der Waals surface area contributed by atoms with Gasteiger partial charge in [-0.1, -0.05) is 12.2 Å². The average Bonchev–Trinajstić information content (AvgIpc) is 2.41. The van der Waals surface area contributed by atoms with Gasteiger partial charge in [0.25, 0.3) is 0 Å². The molecule has 1 rings (SSSR count). The van der Waals surface area contributed by atoms with Crippen LogP contribution < -0.4 is 0 Å². The lowest BCUT2D eigenvalue weighted by molar-refractivity contribution is -0.153. The summed E-state index contributed by atoms with van der Waals surface area (Å²) < 4.78 is 11.1. The van der Waals surface area contributed by atoms with E-state index in [1.807, 2.05) is 13.8 Å². The Kier molecular flexibility index (Phi) is 3.48. The van der Waals surface area contributed by atoms with Crippen molar-refractivity contribution in [1.29, 1.82) is 0 Å². The Morgan fingerprint density at radius 2 is 2.07 bits per heavy atom. The van der Waals surface area contributed by atoms with E-state index in [2.05, 4.69) is 13.2 Å². The van der Waals surface area contributed by atoms with Crippen LogP contribution in [0, 0.1) is 0 Å². The van der Waals surface area contributed by atoms with Gasteiger partial charge in [-0.15, -0.1) is 13.2 Å². The molecule has 0 spiro atoms. The molecular weight excluding hydrogens is 180 g/mol. The van der Waals surface area contributed by atoms with E-state index in [0.29, 0.717) is 6.42 Å². The van der Waals surface area contributed by atoms with Gasteiger partial charge >= 0.3 is 0 Å². The first kappa shape index (κ1) is 11.4. The van der Waals surface area contributed by atoms with Gasteiger partial charge in [-0.2, -0.15) is 0 Å². The number of hydrogen-bond acceptors (Lipinski definition) is 3. The molecule has 1 fully saturated rings. The lowest BCUT2D eigenvalue weighted by atomic mass is 10.1. The first-order valence-electron chi connectivity index (χ1n) is 4.77. The van der Waals surface area contributed by atoms with Crippen LogP contribution in [-0.2, 0) is 9.47 Å². The van der Waals surface area contributed by atoms with Crippen molar-refractivity contribution >= 4 is 0 Å². The molecule has 0 aliphatic carbocycles. The Balaban J connectivity index is 2.67. The van der Waals surface area contributed by atoms with Crippen molar-refractivity contribution < 1.29 is 14.6 Å². The highest BCUT2D eigenvalue weighted by Crippen LogP contribution is 2.31. The summed E-state index contributed by atoms with van der Waals surface area (Å²) in [5, 5.41) is 9.76. The lowest BCUT2D eigenvalue weighted by Crippen LogP contribution is -2.34. The highest BCUT2D eigenvalue weighted by Gasteiger charge is 2.42. The summed E-state index contributed by atoms with van der Waals surface area (Å²) in [5.41, 5.74) is 0. The summed E-state index contributed by atoms with van der Waals surface area (Å²) >= 11 is 0. The summed E-state index contributed by atoms with van der Waals surface area (Å²) in [4.78, 5) is 0. The number of aliphatic hydroxyl groups excluding tert-OH is 1. The molecule has 0 aromatic rings. The van der Waals surface area contributed by atoms with Crippen LogP contribution in [0.2, 0.25) is 0 Å². The lowest BCUT2D eigenvalue weighted by Gasteiger charge is -2.20. The van der Waals surface area contributed by atoms with E-state index < -0.39 is 11.9 Å². The zero-order valence-electron chi connectivity index (χ0n) is 8.77. The third kappa shape index (κ3) is 2.44. The van der Waals surface area contributed by atoms with Crippen molar-refractivity contribution in [2.24, 2.45) is 0 Å². The fraction of sp³-hybridized carbons (Fsp3) is 0.636. The Hall–Kier alpha value is -0.640. The summed E-state index contributed by atoms with van der Waals surface area (Å²) in [7, 11) is 0. The van der Waals surface area contributed by atoms with Crippen LogP contribution in [0.3, 0.4) is 0 Å². The van der Waals surface area contributed by atoms with Gasteiger partial charge < -0.3 is 14.6 Å². The monoisotopic (exact) mass is 198 g/mol. The zero-order valence-corrected chi connectivity index (χ0v) is 8.77. The van der Waals surface area contributed by atoms with E-state index in [0.717, 1.165) is 0 Å². The molecule has 1 saturated heterocycles. The van der Waals surface area contributed by atoms with E-state index in [1.165, 1.54) is 0 Å². The van der Waals surface area contributed by atoms with Crippen molar-refractivity contribution in [1.82, 2.24) is 0 Å². The van der Waals surface area contributed by atoms with Crippen molar-refractivity contribution in [3.05, 3.63) is 25.3 Å². The average molecular weight is 198 g/mol. The Labute approximate surface area is 85.0 Å². The highest BCUT2D eigenvalue weighted by atomic mass is 16.8. The van der Waals surface area contributed by atoms with Crippen molar-refractivity contribution in [2.75, 3.05) is 0 Å². The molecule has 0 bridgehead atoms. The standard InChI is InChI=1S/C11H18O3/c1-5-7-8(12)10-9(6-2)13-11(3,4)14-10/h5-6,8-10,12H,1-2,7H2,3-4H3/t8-,9-,10-/m1/s1. The normalized spacial score (nSPS) is 32.5. The molecule has 0 saturated carbocycles. The Morgan fingerprint density at radius 3 is 2.57 bits per heavy atom. The van der Waals surface area contributed by atoms with E-state index >= 15 is 0 Å². The summed E-state index contributed by atoms with van der Waals surface area (Å²) in [6.45, 7) is 10.9. The minimum atomic E-state index is -0.647. The third-order valence-electron chi connectivity index (χ3n) is 2.18. The van der Waals surface area contributed by atoms with E-state index in [1.54, 1.807) is 12.2 Å². The molecule has 1 aliphatic heterocycles. The van der Waals surface area contributed by atoms with Gasteiger partial charge in [0.1, 0.15) is 12.2 Å². The van der Waals surface area contributed by atoms with Gasteiger partial charge in [-0.3, -0.25) is 0 Å². The molecular formula is C11H18O3. The molecule has 1 aliphatic rings. The topological polar surface area (TPSA) is 38.7 Å². The van der Waals surface area contributed by atoms with E-state index in [9.17, 15) is 5.11 Å². The molecule has 0 radical (unpaired) electrons. The second-order valence-electron chi connectivity index (χ2n) is 3.89. The number of rotatable bonds is 4. The van der Waals surface area contributed by atoms with Crippen LogP contribution in [0.4, 0.5) is 0 Å². The summed E-state index contributed by atoms with van der Waals surface area (Å²) in [5.74, 6) is -0.647. The maximum atomic E-state index is 9.76. The molecule has 14 heavy (non-hydrogen) atoms. The van der Waals surface area contributed by atoms with Crippen LogP contribution in [0.5, 0.6) is 0 Å². The van der Waals surface area contributed by atoms with Crippen LogP contribution in [-0.4, -0.2) is 29.2 Å². The molecule has 0 unspecified atom stereocenters. The molecule has 0 aromatic carbocycles. The minimum Gasteiger partial charge on any atom is -0.390 e. The summed E-state index contributed by atoms with van der Waals surface area (Å²) in [6, 6.07) is 0. The number of aliphatic hydroxyl groups is 1.